The second-order valence-corrected chi connectivity index (χ2v) is 5.16. The van der Waals surface area contributed by atoms with Gasteiger partial charge >= 0.3 is 0 Å². The molecule has 0 bridgehead atoms. The summed E-state index contributed by atoms with van der Waals surface area (Å²) < 4.78 is 5.26. The van der Waals surface area contributed by atoms with Crippen LogP contribution in [0.15, 0.2) is 18.2 Å². The molecule has 0 radical (unpaired) electrons. The molecule has 0 aromatic heterocycles. The minimum atomic E-state index is 0.0182. The van der Waals surface area contributed by atoms with Crippen LogP contribution < -0.4 is 10.5 Å². The number of rotatable bonds is 5. The van der Waals surface area contributed by atoms with Gasteiger partial charge in [0.2, 0.25) is 0 Å². The molecule has 0 saturated heterocycles. The molecule has 1 rings (SSSR count). The van der Waals surface area contributed by atoms with Gasteiger partial charge in [0.25, 0.3) is 5.91 Å². The molecule has 0 aliphatic carbocycles. The molecule has 0 fully saturated rings. The first-order valence-electron chi connectivity index (χ1n) is 7.19. The molecule has 1 aromatic rings. The summed E-state index contributed by atoms with van der Waals surface area (Å²) in [6, 6.07) is 5.32. The van der Waals surface area contributed by atoms with Crippen LogP contribution in [0.4, 0.5) is 0 Å². The minimum absolute atomic E-state index is 0.0182. The normalized spacial score (nSPS) is 10.0. The molecule has 0 saturated carbocycles. The summed E-state index contributed by atoms with van der Waals surface area (Å²) in [6.45, 7) is 7.89. The first-order chi connectivity index (χ1) is 10.0. The van der Waals surface area contributed by atoms with Gasteiger partial charge in [0, 0.05) is 18.7 Å². The van der Waals surface area contributed by atoms with E-state index in [9.17, 15) is 4.79 Å². The minimum Gasteiger partial charge on any atom is -0.495 e. The fourth-order valence-electron chi connectivity index (χ4n) is 2.06. The van der Waals surface area contributed by atoms with Crippen LogP contribution in [0.3, 0.4) is 0 Å². The van der Waals surface area contributed by atoms with Gasteiger partial charge in [0.05, 0.1) is 19.2 Å². The van der Waals surface area contributed by atoms with Crippen LogP contribution >= 0.6 is 0 Å². The van der Waals surface area contributed by atoms with Crippen LogP contribution in [0.5, 0.6) is 5.75 Å². The van der Waals surface area contributed by atoms with Crippen LogP contribution in [0.25, 0.3) is 0 Å². The molecular weight excluding hydrogens is 264 g/mol. The van der Waals surface area contributed by atoms with Gasteiger partial charge in [-0.1, -0.05) is 25.7 Å². The molecule has 0 aliphatic heterocycles. The zero-order valence-electron chi connectivity index (χ0n) is 13.3. The summed E-state index contributed by atoms with van der Waals surface area (Å²) in [5, 5.41) is 0. The van der Waals surface area contributed by atoms with Crippen LogP contribution in [0.2, 0.25) is 0 Å². The van der Waals surface area contributed by atoms with E-state index in [1.807, 2.05) is 11.8 Å². The van der Waals surface area contributed by atoms with Crippen LogP contribution in [-0.4, -0.2) is 37.6 Å². The summed E-state index contributed by atoms with van der Waals surface area (Å²) in [7, 11) is 1.58. The maximum atomic E-state index is 12.5. The number of nitrogens with two attached hydrogens (primary N) is 1. The van der Waals surface area contributed by atoms with Gasteiger partial charge in [-0.25, -0.2) is 0 Å². The van der Waals surface area contributed by atoms with E-state index in [0.29, 0.717) is 29.3 Å². The maximum absolute atomic E-state index is 12.5. The van der Waals surface area contributed by atoms with Gasteiger partial charge in [-0.2, -0.15) is 0 Å². The van der Waals surface area contributed by atoms with E-state index >= 15 is 0 Å². The molecule has 21 heavy (non-hydrogen) atoms. The van der Waals surface area contributed by atoms with Gasteiger partial charge in [0.15, 0.2) is 0 Å². The van der Waals surface area contributed by atoms with Crippen molar-refractivity contribution in [3.8, 4) is 17.6 Å². The van der Waals surface area contributed by atoms with Gasteiger partial charge < -0.3 is 15.4 Å². The van der Waals surface area contributed by atoms with Gasteiger partial charge in [-0.3, -0.25) is 4.79 Å². The molecule has 4 heteroatoms. The summed E-state index contributed by atoms with van der Waals surface area (Å²) >= 11 is 0. The van der Waals surface area contributed by atoms with Gasteiger partial charge in [-0.15, -0.1) is 0 Å². The summed E-state index contributed by atoms with van der Waals surface area (Å²) in [4.78, 5) is 14.4. The Bertz CT molecular complexity index is 541. The Morgan fingerprint density at radius 3 is 2.67 bits per heavy atom. The fraction of sp³-hybridized carbons (Fsp3) is 0.471. The van der Waals surface area contributed by atoms with E-state index in [0.717, 1.165) is 6.54 Å². The average molecular weight is 288 g/mol. The van der Waals surface area contributed by atoms with Crippen molar-refractivity contribution in [2.75, 3.05) is 26.7 Å². The first-order valence-corrected chi connectivity index (χ1v) is 7.19. The van der Waals surface area contributed by atoms with Crippen molar-refractivity contribution in [3.05, 3.63) is 29.3 Å². The topological polar surface area (TPSA) is 55.6 Å². The number of nitrogens with zero attached hydrogens (tertiary/aromatic N) is 1. The lowest BCUT2D eigenvalue weighted by molar-refractivity contribution is 0.0745. The van der Waals surface area contributed by atoms with Crippen molar-refractivity contribution in [3.63, 3.8) is 0 Å². The Hall–Kier alpha value is -1.99. The number of methoxy groups -OCH3 is 1. The molecule has 0 atom stereocenters. The Morgan fingerprint density at radius 1 is 1.43 bits per heavy atom. The van der Waals surface area contributed by atoms with Crippen molar-refractivity contribution in [1.29, 1.82) is 0 Å². The van der Waals surface area contributed by atoms with Crippen molar-refractivity contribution >= 4 is 5.91 Å². The van der Waals surface area contributed by atoms with Crippen molar-refractivity contribution < 1.29 is 9.53 Å². The molecular formula is C17H24N2O2. The highest BCUT2D eigenvalue weighted by molar-refractivity contribution is 5.94. The monoisotopic (exact) mass is 288 g/mol. The van der Waals surface area contributed by atoms with E-state index in [4.69, 9.17) is 10.5 Å². The number of hydrogen-bond donors (Lipinski definition) is 1. The quantitative estimate of drug-likeness (QED) is 0.844. The van der Waals surface area contributed by atoms with Crippen LogP contribution in [-0.2, 0) is 0 Å². The highest BCUT2D eigenvalue weighted by Gasteiger charge is 2.16. The standard InChI is InChI=1S/C17H24N2O2/c1-5-19(12-13(2)3)17(20)15-8-9-16(21-4)14(11-15)7-6-10-18/h8-9,11,13H,5,10,12,18H2,1-4H3. The zero-order chi connectivity index (χ0) is 15.8. The number of ether oxygens (including phenoxy) is 1. The van der Waals surface area contributed by atoms with E-state index in [2.05, 4.69) is 25.7 Å². The molecule has 0 heterocycles. The number of benzene rings is 1. The Morgan fingerprint density at radius 2 is 2.14 bits per heavy atom. The maximum Gasteiger partial charge on any atom is 0.253 e. The molecule has 0 aliphatic rings. The van der Waals surface area contributed by atoms with E-state index < -0.39 is 0 Å². The second kappa shape index (κ2) is 8.33. The third-order valence-electron chi connectivity index (χ3n) is 3.03. The molecule has 4 nitrogen and oxygen atoms in total. The Labute approximate surface area is 127 Å². The largest absolute Gasteiger partial charge is 0.495 e. The number of amides is 1. The third-order valence-corrected chi connectivity index (χ3v) is 3.03. The predicted octanol–water partition coefficient (Wildman–Crippen LogP) is 2.12. The number of carbonyl (C=O) groups excluding carboxylic acids is 1. The summed E-state index contributed by atoms with van der Waals surface area (Å²) in [5.41, 5.74) is 6.71. The summed E-state index contributed by atoms with van der Waals surface area (Å²) in [6.07, 6.45) is 0. The van der Waals surface area contributed by atoms with Crippen molar-refractivity contribution in [2.24, 2.45) is 11.7 Å². The van der Waals surface area contributed by atoms with Gasteiger partial charge in [0.1, 0.15) is 5.75 Å². The van der Waals surface area contributed by atoms with Crippen LogP contribution in [0, 0.1) is 17.8 Å². The lowest BCUT2D eigenvalue weighted by Crippen LogP contribution is -2.34. The summed E-state index contributed by atoms with van der Waals surface area (Å²) in [5.74, 6) is 6.84. The highest BCUT2D eigenvalue weighted by Crippen LogP contribution is 2.20. The van der Waals surface area contributed by atoms with E-state index in [1.165, 1.54) is 0 Å². The molecule has 114 valence electrons. The predicted molar refractivity (Wildman–Crippen MR) is 85.3 cm³/mol. The average Bonchev–Trinajstić information content (AvgIpc) is 2.49. The number of hydrogen-bond acceptors (Lipinski definition) is 3. The zero-order valence-corrected chi connectivity index (χ0v) is 13.3. The SMILES string of the molecule is CCN(CC(C)C)C(=O)c1ccc(OC)c(C#CCN)c1. The van der Waals surface area contributed by atoms with Crippen molar-refractivity contribution in [1.82, 2.24) is 4.90 Å². The molecule has 2 N–H and O–H groups in total. The van der Waals surface area contributed by atoms with E-state index in [-0.39, 0.29) is 12.5 Å². The number of carbonyl (C=O) groups is 1. The fourth-order valence-corrected chi connectivity index (χ4v) is 2.06. The lowest BCUT2D eigenvalue weighted by atomic mass is 10.1. The second-order valence-electron chi connectivity index (χ2n) is 5.16. The smallest absolute Gasteiger partial charge is 0.253 e. The van der Waals surface area contributed by atoms with E-state index in [1.54, 1.807) is 25.3 Å². The van der Waals surface area contributed by atoms with Gasteiger partial charge in [-0.05, 0) is 31.0 Å². The molecule has 1 aromatic carbocycles. The Balaban J connectivity index is 3.09. The van der Waals surface area contributed by atoms with Crippen LogP contribution in [0.1, 0.15) is 36.7 Å². The third kappa shape index (κ3) is 4.80. The molecule has 0 spiro atoms. The Kier molecular flexibility index (Phi) is 6.77. The highest BCUT2D eigenvalue weighted by atomic mass is 16.5. The first kappa shape index (κ1) is 17.1. The molecule has 1 amide bonds. The lowest BCUT2D eigenvalue weighted by Gasteiger charge is -2.23. The van der Waals surface area contributed by atoms with Crippen molar-refractivity contribution in [2.45, 2.75) is 20.8 Å². The molecule has 0 unspecified atom stereocenters.